The number of rotatable bonds is 100. The van der Waals surface area contributed by atoms with Gasteiger partial charge in [0, 0.05) is 16.7 Å². The molecule has 2 aromatic carbocycles. The third-order valence-electron chi connectivity index (χ3n) is 28.6. The van der Waals surface area contributed by atoms with Crippen LogP contribution < -0.4 is 0 Å². The number of allylic oxidation sites excluding steroid dienone is 6. The summed E-state index contributed by atoms with van der Waals surface area (Å²) in [5, 5.41) is 0. The first kappa shape index (κ1) is 127. The van der Waals surface area contributed by atoms with Crippen LogP contribution in [0.15, 0.2) is 84.0 Å². The SMILES string of the molecule is CCCCCCCCCCCCCCCCCC=CC1=C(c2ccc(CCCC)cc2)[N+](=[N-])C(c2ccccc2CCCC=CCCCCCCCCCCCCCCCCCCCC)=C1CCCC.[CH2-]CCCCCCCCCCCCCCCCCCCCCCCCCCCC.[CH2-]CCCCCCCCCCCCCCCCCCCCCCCCCCCC.[Pd+2]. The number of hydrogen-bond donors (Lipinski definition) is 0. The van der Waals surface area contributed by atoms with E-state index in [9.17, 15) is 5.53 Å². The van der Waals surface area contributed by atoms with E-state index in [-0.39, 0.29) is 20.4 Å². The molecule has 1 aliphatic rings. The average molecular weight is 1880 g/mol. The van der Waals surface area contributed by atoms with Crippen LogP contribution in [0.2, 0.25) is 0 Å². The summed E-state index contributed by atoms with van der Waals surface area (Å²) in [5.74, 6) is 0. The summed E-state index contributed by atoms with van der Waals surface area (Å²) in [6.07, 6.45) is 147. The Morgan fingerprint density at radius 3 is 0.713 bits per heavy atom. The van der Waals surface area contributed by atoms with Gasteiger partial charge in [-0.25, -0.2) is 4.70 Å². The minimum atomic E-state index is 0. The molecule has 2 nitrogen and oxygen atoms in total. The average Bonchev–Trinajstić information content (AvgIpc) is 1.60. The standard InChI is InChI=1S/C68H112N2.2C29H59.Pd/c1-5-9-13-15-17-19-21-23-25-27-28-29-30-31-32-34-35-37-39-41-43-45-47-52-62-53-49-50-55-64(62)68-66(54-12-8-4)65(67(70(68)69)63-59-57-61(58-60-63)51-11-7-3)56-48-46-44-42-40-38-36-33-26-24-22-20-18-16-14-10-6-2;2*1-3-5-7-9-11-13-15-17-19-21-23-25-27-29-28-26-24-22-20-18-16-14-12-10-8-6-4-2;/h41,43,48-50,53,55-60H,5-40,42,44-47,51-52,54H2,1-4H3;2*1,3-29H2,2H3;/q;2*-1;+2. The number of hydrogen-bond acceptors (Lipinski definition) is 0. The number of benzene rings is 2. The molecule has 0 amide bonds. The van der Waals surface area contributed by atoms with Crippen molar-refractivity contribution in [3.8, 4) is 0 Å². The molecule has 754 valence electrons. The van der Waals surface area contributed by atoms with Crippen LogP contribution in [0.25, 0.3) is 16.9 Å². The Morgan fingerprint density at radius 2 is 0.450 bits per heavy atom. The van der Waals surface area contributed by atoms with Gasteiger partial charge in [-0.2, -0.15) is 12.8 Å². The van der Waals surface area contributed by atoms with E-state index in [0.717, 1.165) is 81.2 Å². The van der Waals surface area contributed by atoms with Crippen LogP contribution in [0, 0.1) is 13.8 Å². The van der Waals surface area contributed by atoms with Gasteiger partial charge in [-0.3, -0.25) is 0 Å². The normalized spacial score (nSPS) is 12.3. The van der Waals surface area contributed by atoms with E-state index >= 15 is 0 Å². The molecular weight excluding hydrogens is 1650 g/mol. The van der Waals surface area contributed by atoms with E-state index < -0.39 is 0 Å². The van der Waals surface area contributed by atoms with Crippen molar-refractivity contribution in [3.63, 3.8) is 0 Å². The minimum Gasteiger partial charge on any atom is -0.493 e. The van der Waals surface area contributed by atoms with Crippen LogP contribution in [0.5, 0.6) is 0 Å². The molecule has 0 atom stereocenters. The Labute approximate surface area is 827 Å². The molecule has 0 fully saturated rings. The summed E-state index contributed by atoms with van der Waals surface area (Å²) in [6.45, 7) is 21.6. The molecule has 0 unspecified atom stereocenters. The summed E-state index contributed by atoms with van der Waals surface area (Å²) in [4.78, 5) is 0. The van der Waals surface area contributed by atoms with Crippen LogP contribution in [0.1, 0.15) is 680 Å². The number of aryl methyl sites for hydroxylation is 2. The van der Waals surface area contributed by atoms with Crippen molar-refractivity contribution in [2.75, 3.05) is 0 Å². The van der Waals surface area contributed by atoms with Crippen LogP contribution in [0.3, 0.4) is 0 Å². The quantitative estimate of drug-likeness (QED) is 0.0207. The Hall–Kier alpha value is -2.34. The molecule has 3 heteroatoms. The van der Waals surface area contributed by atoms with Gasteiger partial charge in [0.2, 0.25) is 11.4 Å². The van der Waals surface area contributed by atoms with Crippen molar-refractivity contribution in [1.82, 2.24) is 0 Å². The van der Waals surface area contributed by atoms with E-state index in [0.29, 0.717) is 0 Å². The molecule has 0 spiro atoms. The van der Waals surface area contributed by atoms with Crippen molar-refractivity contribution in [2.45, 2.75) is 671 Å². The van der Waals surface area contributed by atoms with Gasteiger partial charge in [-0.05, 0) is 100.0 Å². The van der Waals surface area contributed by atoms with E-state index in [2.05, 4.69) is 128 Å². The Morgan fingerprint density at radius 1 is 0.225 bits per heavy atom. The predicted octanol–water partition coefficient (Wildman–Crippen LogP) is 46.3. The summed E-state index contributed by atoms with van der Waals surface area (Å²) >= 11 is 0. The molecule has 3 rings (SSSR count). The second-order valence-electron chi connectivity index (χ2n) is 41.2. The van der Waals surface area contributed by atoms with Crippen molar-refractivity contribution in [3.05, 3.63) is 126 Å². The summed E-state index contributed by atoms with van der Waals surface area (Å²) in [6, 6.07) is 18.0. The van der Waals surface area contributed by atoms with E-state index in [1.54, 1.807) is 4.70 Å². The van der Waals surface area contributed by atoms with Gasteiger partial charge >= 0.3 is 20.4 Å². The van der Waals surface area contributed by atoms with Gasteiger partial charge in [0.1, 0.15) is 0 Å². The fourth-order valence-corrected chi connectivity index (χ4v) is 19.8. The van der Waals surface area contributed by atoms with Crippen LogP contribution >= 0.6 is 0 Å². The Kier molecular flexibility index (Phi) is 106. The molecule has 1 aliphatic heterocycles. The third-order valence-corrected chi connectivity index (χ3v) is 28.6. The molecule has 0 saturated heterocycles. The van der Waals surface area contributed by atoms with E-state index in [1.807, 2.05) is 0 Å². The largest absolute Gasteiger partial charge is 2.00 e. The summed E-state index contributed by atoms with van der Waals surface area (Å²) < 4.78 is 1.58. The first-order valence-corrected chi connectivity index (χ1v) is 59.5. The molecule has 0 aromatic heterocycles. The zero-order valence-electron chi connectivity index (χ0n) is 88.8. The molecule has 0 radical (unpaired) electrons. The minimum absolute atomic E-state index is 0. The molecular formula is C126H230N2Pd. The van der Waals surface area contributed by atoms with Crippen LogP contribution in [0.4, 0.5) is 0 Å². The molecule has 1 heterocycles. The maximum atomic E-state index is 12.4. The van der Waals surface area contributed by atoms with Crippen molar-refractivity contribution < 1.29 is 25.1 Å². The zero-order chi connectivity index (χ0) is 92.0. The monoisotopic (exact) mass is 1880 g/mol. The number of unbranched alkanes of at least 4 members (excludes halogenated alkanes) is 88. The molecule has 0 saturated carbocycles. The summed E-state index contributed by atoms with van der Waals surface area (Å²) in [7, 11) is 0. The second kappa shape index (κ2) is 108. The summed E-state index contributed by atoms with van der Waals surface area (Å²) in [5.41, 5.74) is 21.9. The van der Waals surface area contributed by atoms with Crippen molar-refractivity contribution >= 4 is 11.4 Å². The van der Waals surface area contributed by atoms with E-state index in [4.69, 9.17) is 0 Å². The van der Waals surface area contributed by atoms with Crippen LogP contribution in [-0.4, -0.2) is 4.70 Å². The smallest absolute Gasteiger partial charge is 0.493 e. The number of nitrogens with zero attached hydrogens (tertiary/aromatic N) is 2. The zero-order valence-corrected chi connectivity index (χ0v) is 90.4. The first-order chi connectivity index (χ1) is 63.5. The molecule has 0 aliphatic carbocycles. The maximum Gasteiger partial charge on any atom is 2.00 e. The van der Waals surface area contributed by atoms with Gasteiger partial charge < -0.3 is 19.4 Å². The van der Waals surface area contributed by atoms with Gasteiger partial charge in [0.15, 0.2) is 0 Å². The third kappa shape index (κ3) is 84.7. The van der Waals surface area contributed by atoms with Gasteiger partial charge in [-0.15, -0.1) is 0 Å². The van der Waals surface area contributed by atoms with Crippen molar-refractivity contribution in [1.29, 1.82) is 0 Å². The van der Waals surface area contributed by atoms with Gasteiger partial charge in [-0.1, -0.05) is 642 Å². The van der Waals surface area contributed by atoms with Crippen LogP contribution in [-0.2, 0) is 33.3 Å². The van der Waals surface area contributed by atoms with Gasteiger partial charge in [0.25, 0.3) is 0 Å². The molecule has 129 heavy (non-hydrogen) atoms. The predicted molar refractivity (Wildman–Crippen MR) is 584 cm³/mol. The Bertz CT molecular complexity index is 2530. The molecule has 0 N–H and O–H groups in total. The van der Waals surface area contributed by atoms with Gasteiger partial charge in [0.05, 0.1) is 5.57 Å². The van der Waals surface area contributed by atoms with E-state index in [1.165, 1.54) is 593 Å². The van der Waals surface area contributed by atoms with Crippen molar-refractivity contribution in [2.24, 2.45) is 0 Å². The first-order valence-electron chi connectivity index (χ1n) is 59.5. The topological polar surface area (TPSA) is 25.3 Å². The fourth-order valence-electron chi connectivity index (χ4n) is 19.8. The fraction of sp³-hybridized carbons (Fsp3) is 0.825. The second-order valence-corrected chi connectivity index (χ2v) is 41.2. The maximum absolute atomic E-state index is 12.4. The molecule has 0 bridgehead atoms. The Balaban J connectivity index is 0.00000228. The molecule has 2 aromatic rings.